The first-order chi connectivity index (χ1) is 9.24. The highest BCUT2D eigenvalue weighted by Crippen LogP contribution is 2.40. The molecule has 2 rings (SSSR count). The lowest BCUT2D eigenvalue weighted by Gasteiger charge is -2.15. The van der Waals surface area contributed by atoms with E-state index in [1.54, 1.807) is 0 Å². The molecule has 1 amide bonds. The Morgan fingerprint density at radius 1 is 1.47 bits per heavy atom. The number of benzene rings is 1. The van der Waals surface area contributed by atoms with E-state index in [4.69, 9.17) is 5.73 Å². The molecule has 0 radical (unpaired) electrons. The number of rotatable bonds is 7. The lowest BCUT2D eigenvalue weighted by molar-refractivity contribution is -0.124. The van der Waals surface area contributed by atoms with Gasteiger partial charge in [0.1, 0.15) is 0 Å². The number of carbonyl (C=O) groups excluding carboxylic acids is 1. The van der Waals surface area contributed by atoms with Crippen molar-refractivity contribution in [2.24, 2.45) is 11.7 Å². The molecule has 19 heavy (non-hydrogen) atoms. The van der Waals surface area contributed by atoms with E-state index in [1.165, 1.54) is 24.0 Å². The highest BCUT2D eigenvalue weighted by Gasteiger charge is 2.24. The van der Waals surface area contributed by atoms with Crippen LogP contribution >= 0.6 is 0 Å². The molecule has 0 spiro atoms. The fourth-order valence-corrected chi connectivity index (χ4v) is 2.35. The highest BCUT2D eigenvalue weighted by molar-refractivity contribution is 5.79. The molecule has 1 aromatic carbocycles. The van der Waals surface area contributed by atoms with Crippen LogP contribution in [0, 0.1) is 5.92 Å². The molecule has 1 atom stereocenters. The molecule has 1 aromatic rings. The molecule has 0 aliphatic heterocycles. The van der Waals surface area contributed by atoms with Crippen LogP contribution in [0.15, 0.2) is 24.3 Å². The zero-order valence-electron chi connectivity index (χ0n) is 11.7. The summed E-state index contributed by atoms with van der Waals surface area (Å²) in [4.78, 5) is 12.0. The Balaban J connectivity index is 1.96. The summed E-state index contributed by atoms with van der Waals surface area (Å²) in [6, 6.07) is 8.63. The predicted molar refractivity (Wildman–Crippen MR) is 78.0 cm³/mol. The van der Waals surface area contributed by atoms with Crippen molar-refractivity contribution in [3.05, 3.63) is 35.4 Å². The third-order valence-electron chi connectivity index (χ3n) is 3.69. The number of hydrogen-bond donors (Lipinski definition) is 2. The van der Waals surface area contributed by atoms with Gasteiger partial charge in [-0.15, -0.1) is 0 Å². The maximum atomic E-state index is 12.0. The van der Waals surface area contributed by atoms with Crippen molar-refractivity contribution in [2.45, 2.75) is 38.5 Å². The van der Waals surface area contributed by atoms with Crippen molar-refractivity contribution in [3.63, 3.8) is 0 Å². The summed E-state index contributed by atoms with van der Waals surface area (Å²) in [5, 5.41) is 2.93. The van der Waals surface area contributed by atoms with Gasteiger partial charge in [0.25, 0.3) is 0 Å². The van der Waals surface area contributed by atoms with Crippen LogP contribution in [0.25, 0.3) is 0 Å². The van der Waals surface area contributed by atoms with Crippen LogP contribution in [0.3, 0.4) is 0 Å². The Bertz CT molecular complexity index is 427. The van der Waals surface area contributed by atoms with Crippen molar-refractivity contribution in [3.8, 4) is 0 Å². The first kappa shape index (κ1) is 14.1. The summed E-state index contributed by atoms with van der Waals surface area (Å²) in [6.07, 6.45) is 4.31. The minimum Gasteiger partial charge on any atom is -0.356 e. The summed E-state index contributed by atoms with van der Waals surface area (Å²) in [6.45, 7) is 3.19. The number of nitrogens with two attached hydrogens (primary N) is 1. The number of amides is 1. The first-order valence-corrected chi connectivity index (χ1v) is 7.31. The molecule has 1 fully saturated rings. The second-order valence-electron chi connectivity index (χ2n) is 5.45. The predicted octanol–water partition coefficient (Wildman–Crippen LogP) is 2.21. The van der Waals surface area contributed by atoms with Gasteiger partial charge in [0.15, 0.2) is 0 Å². The number of hydrogen-bond acceptors (Lipinski definition) is 2. The molecule has 0 bridgehead atoms. The van der Waals surface area contributed by atoms with Gasteiger partial charge in [-0.25, -0.2) is 0 Å². The Hall–Kier alpha value is -1.35. The van der Waals surface area contributed by atoms with Gasteiger partial charge in [-0.05, 0) is 42.7 Å². The quantitative estimate of drug-likeness (QED) is 0.789. The summed E-state index contributed by atoms with van der Waals surface area (Å²) < 4.78 is 0. The summed E-state index contributed by atoms with van der Waals surface area (Å²) in [5.74, 6) is 0.729. The van der Waals surface area contributed by atoms with Crippen molar-refractivity contribution < 1.29 is 4.79 Å². The van der Waals surface area contributed by atoms with E-state index in [-0.39, 0.29) is 11.8 Å². The van der Waals surface area contributed by atoms with E-state index in [0.29, 0.717) is 6.54 Å². The van der Waals surface area contributed by atoms with Crippen LogP contribution in [0.4, 0.5) is 0 Å². The van der Waals surface area contributed by atoms with Gasteiger partial charge >= 0.3 is 0 Å². The molecule has 1 saturated carbocycles. The van der Waals surface area contributed by atoms with Crippen LogP contribution in [0.2, 0.25) is 0 Å². The van der Waals surface area contributed by atoms with Gasteiger partial charge in [-0.2, -0.15) is 0 Å². The van der Waals surface area contributed by atoms with Crippen LogP contribution < -0.4 is 11.1 Å². The van der Waals surface area contributed by atoms with Gasteiger partial charge in [0.2, 0.25) is 5.91 Å². The van der Waals surface area contributed by atoms with Gasteiger partial charge in [-0.3, -0.25) is 4.79 Å². The fraction of sp³-hybridized carbons (Fsp3) is 0.562. The molecule has 3 nitrogen and oxygen atoms in total. The van der Waals surface area contributed by atoms with E-state index < -0.39 is 0 Å². The summed E-state index contributed by atoms with van der Waals surface area (Å²) in [5.41, 5.74) is 8.39. The minimum absolute atomic E-state index is 0.0844. The second kappa shape index (κ2) is 6.71. The van der Waals surface area contributed by atoms with E-state index in [2.05, 4.69) is 36.5 Å². The molecule has 1 unspecified atom stereocenters. The molecule has 3 N–H and O–H groups in total. The summed E-state index contributed by atoms with van der Waals surface area (Å²) in [7, 11) is 0. The Morgan fingerprint density at radius 2 is 2.26 bits per heavy atom. The van der Waals surface area contributed by atoms with Crippen molar-refractivity contribution >= 4 is 5.91 Å². The molecule has 1 aliphatic carbocycles. The normalized spacial score (nSPS) is 16.1. The average molecular weight is 260 g/mol. The highest BCUT2D eigenvalue weighted by atomic mass is 16.1. The van der Waals surface area contributed by atoms with Gasteiger partial charge in [-0.1, -0.05) is 31.2 Å². The maximum Gasteiger partial charge on any atom is 0.224 e. The van der Waals surface area contributed by atoms with Crippen molar-refractivity contribution in [1.82, 2.24) is 5.32 Å². The topological polar surface area (TPSA) is 55.1 Å². The third-order valence-corrected chi connectivity index (χ3v) is 3.69. The van der Waals surface area contributed by atoms with Gasteiger partial charge in [0.05, 0.1) is 5.92 Å². The molecular weight excluding hydrogens is 236 g/mol. The first-order valence-electron chi connectivity index (χ1n) is 7.31. The van der Waals surface area contributed by atoms with E-state index in [1.807, 2.05) is 0 Å². The smallest absolute Gasteiger partial charge is 0.224 e. The maximum absolute atomic E-state index is 12.0. The van der Waals surface area contributed by atoms with E-state index in [9.17, 15) is 4.79 Å². The fourth-order valence-electron chi connectivity index (χ4n) is 2.35. The summed E-state index contributed by atoms with van der Waals surface area (Å²) >= 11 is 0. The Morgan fingerprint density at radius 3 is 2.89 bits per heavy atom. The second-order valence-corrected chi connectivity index (χ2v) is 5.45. The van der Waals surface area contributed by atoms with E-state index >= 15 is 0 Å². The molecule has 0 heterocycles. The van der Waals surface area contributed by atoms with Crippen LogP contribution in [0.5, 0.6) is 0 Å². The van der Waals surface area contributed by atoms with E-state index in [0.717, 1.165) is 25.3 Å². The van der Waals surface area contributed by atoms with Crippen LogP contribution in [0.1, 0.15) is 43.2 Å². The number of nitrogens with one attached hydrogen (secondary N) is 1. The molecule has 1 aliphatic rings. The SMILES string of the molecule is CCCNC(=O)C(CN)Cc1cccc(C2CC2)c1. The van der Waals surface area contributed by atoms with Crippen molar-refractivity contribution in [1.29, 1.82) is 0 Å². The van der Waals surface area contributed by atoms with Crippen molar-refractivity contribution in [2.75, 3.05) is 13.1 Å². The van der Waals surface area contributed by atoms with Crippen LogP contribution in [-0.4, -0.2) is 19.0 Å². The minimum atomic E-state index is -0.110. The Kier molecular flexibility index (Phi) is 4.97. The van der Waals surface area contributed by atoms with Gasteiger partial charge in [0, 0.05) is 13.1 Å². The molecule has 3 heteroatoms. The molecule has 0 aromatic heterocycles. The standard InChI is InChI=1S/C16H24N2O/c1-2-8-18-16(19)15(11-17)10-12-4-3-5-14(9-12)13-6-7-13/h3-5,9,13,15H,2,6-8,10-11,17H2,1H3,(H,18,19). The van der Waals surface area contributed by atoms with Crippen LogP contribution in [-0.2, 0) is 11.2 Å². The van der Waals surface area contributed by atoms with Gasteiger partial charge < -0.3 is 11.1 Å². The monoisotopic (exact) mass is 260 g/mol. The zero-order valence-corrected chi connectivity index (χ0v) is 11.7. The lowest BCUT2D eigenvalue weighted by Crippen LogP contribution is -2.36. The lowest BCUT2D eigenvalue weighted by atomic mass is 9.96. The largest absolute Gasteiger partial charge is 0.356 e. The number of carbonyl (C=O) groups is 1. The molecule has 0 saturated heterocycles. The molecule has 104 valence electrons. The Labute approximate surface area is 115 Å². The molecular formula is C16H24N2O. The zero-order chi connectivity index (χ0) is 13.7. The third kappa shape index (κ3) is 4.06. The average Bonchev–Trinajstić information content (AvgIpc) is 3.27.